The predicted octanol–water partition coefficient (Wildman–Crippen LogP) is 2.21. The lowest BCUT2D eigenvalue weighted by Gasteiger charge is -2.20. The van der Waals surface area contributed by atoms with Crippen LogP contribution in [0.25, 0.3) is 0 Å². The first kappa shape index (κ1) is 11.8. The van der Waals surface area contributed by atoms with E-state index in [2.05, 4.69) is 0 Å². The second-order valence-corrected chi connectivity index (χ2v) is 4.39. The molecule has 0 radical (unpaired) electrons. The second kappa shape index (κ2) is 4.28. The summed E-state index contributed by atoms with van der Waals surface area (Å²) in [5, 5.41) is 9.00. The van der Waals surface area contributed by atoms with Gasteiger partial charge in [0.15, 0.2) is 0 Å². The van der Waals surface area contributed by atoms with Crippen LogP contribution >= 0.6 is 0 Å². The van der Waals surface area contributed by atoms with Gasteiger partial charge in [0.2, 0.25) is 0 Å². The Balaban J connectivity index is 2.46. The Labute approximate surface area is 100 Å². The molecule has 2 rings (SSSR count). The van der Waals surface area contributed by atoms with Crippen LogP contribution in [0.3, 0.4) is 0 Å². The van der Waals surface area contributed by atoms with Gasteiger partial charge in [-0.25, -0.2) is 0 Å². The third-order valence-electron chi connectivity index (χ3n) is 3.30. The van der Waals surface area contributed by atoms with Crippen LogP contribution in [-0.2, 0) is 10.2 Å². The maximum absolute atomic E-state index is 10.9. The molecular weight excluding hydrogens is 220 g/mol. The van der Waals surface area contributed by atoms with Crippen LogP contribution in [0.5, 0.6) is 11.5 Å². The summed E-state index contributed by atoms with van der Waals surface area (Å²) in [4.78, 5) is 10.9. The Morgan fingerprint density at radius 3 is 2.18 bits per heavy atom. The van der Waals surface area contributed by atoms with Crippen molar-refractivity contribution < 1.29 is 19.4 Å². The van der Waals surface area contributed by atoms with E-state index in [1.54, 1.807) is 14.2 Å². The summed E-state index contributed by atoms with van der Waals surface area (Å²) < 4.78 is 10.6. The SMILES string of the molecule is COc1cccc(OC)c1C1(CC(=O)O)CC1. The molecule has 0 aliphatic heterocycles. The highest BCUT2D eigenvalue weighted by Gasteiger charge is 2.49. The van der Waals surface area contributed by atoms with Crippen LogP contribution in [0.1, 0.15) is 24.8 Å². The lowest BCUT2D eigenvalue weighted by atomic mass is 9.90. The number of ether oxygens (including phenoxy) is 2. The molecule has 1 aliphatic rings. The van der Waals surface area contributed by atoms with Crippen molar-refractivity contribution in [1.82, 2.24) is 0 Å². The fourth-order valence-electron chi connectivity index (χ4n) is 2.33. The van der Waals surface area contributed by atoms with E-state index in [4.69, 9.17) is 14.6 Å². The molecule has 0 bridgehead atoms. The van der Waals surface area contributed by atoms with Gasteiger partial charge >= 0.3 is 5.97 Å². The van der Waals surface area contributed by atoms with Crippen LogP contribution in [-0.4, -0.2) is 25.3 Å². The molecule has 1 aliphatic carbocycles. The molecule has 0 heterocycles. The Kier molecular flexibility index (Phi) is 2.96. The average Bonchev–Trinajstić information content (AvgIpc) is 3.07. The zero-order chi connectivity index (χ0) is 12.5. The van der Waals surface area contributed by atoms with Gasteiger partial charge in [0.1, 0.15) is 11.5 Å². The minimum atomic E-state index is -0.782. The van der Waals surface area contributed by atoms with Gasteiger partial charge in [-0.15, -0.1) is 0 Å². The highest BCUT2D eigenvalue weighted by molar-refractivity contribution is 5.71. The molecule has 1 N–H and O–H groups in total. The standard InChI is InChI=1S/C13H16O4/c1-16-9-4-3-5-10(17-2)12(9)13(6-7-13)8-11(14)15/h3-5H,6-8H2,1-2H3,(H,14,15). The lowest BCUT2D eigenvalue weighted by Crippen LogP contribution is -2.15. The summed E-state index contributed by atoms with van der Waals surface area (Å²) >= 11 is 0. The van der Waals surface area contributed by atoms with E-state index >= 15 is 0 Å². The minimum absolute atomic E-state index is 0.129. The predicted molar refractivity (Wildman–Crippen MR) is 62.7 cm³/mol. The largest absolute Gasteiger partial charge is 0.496 e. The smallest absolute Gasteiger partial charge is 0.304 e. The normalized spacial score (nSPS) is 16.4. The van der Waals surface area contributed by atoms with Crippen molar-refractivity contribution in [2.75, 3.05) is 14.2 Å². The molecule has 4 heteroatoms. The van der Waals surface area contributed by atoms with E-state index < -0.39 is 5.97 Å². The average molecular weight is 236 g/mol. The van der Waals surface area contributed by atoms with Gasteiger partial charge in [-0.05, 0) is 25.0 Å². The summed E-state index contributed by atoms with van der Waals surface area (Å²) in [6, 6.07) is 5.54. The third kappa shape index (κ3) is 2.07. The van der Waals surface area contributed by atoms with Crippen LogP contribution in [0, 0.1) is 0 Å². The summed E-state index contributed by atoms with van der Waals surface area (Å²) in [5.74, 6) is 0.640. The van der Waals surface area contributed by atoms with E-state index in [-0.39, 0.29) is 11.8 Å². The highest BCUT2D eigenvalue weighted by atomic mass is 16.5. The quantitative estimate of drug-likeness (QED) is 0.851. The van der Waals surface area contributed by atoms with E-state index in [0.29, 0.717) is 11.5 Å². The Hall–Kier alpha value is -1.71. The highest BCUT2D eigenvalue weighted by Crippen LogP contribution is 2.56. The maximum Gasteiger partial charge on any atom is 0.304 e. The van der Waals surface area contributed by atoms with Crippen LogP contribution < -0.4 is 9.47 Å². The zero-order valence-corrected chi connectivity index (χ0v) is 10.0. The van der Waals surface area contributed by atoms with Gasteiger partial charge in [-0.2, -0.15) is 0 Å². The van der Waals surface area contributed by atoms with Gasteiger partial charge in [0.05, 0.1) is 20.6 Å². The van der Waals surface area contributed by atoms with E-state index in [1.165, 1.54) is 0 Å². The fraction of sp³-hybridized carbons (Fsp3) is 0.462. The molecule has 0 unspecified atom stereocenters. The molecule has 4 nitrogen and oxygen atoms in total. The van der Waals surface area contributed by atoms with Gasteiger partial charge in [0.25, 0.3) is 0 Å². The number of aliphatic carboxylic acids is 1. The maximum atomic E-state index is 10.9. The summed E-state index contributed by atoms with van der Waals surface area (Å²) in [6.07, 6.45) is 1.87. The Morgan fingerprint density at radius 2 is 1.82 bits per heavy atom. The molecule has 0 amide bonds. The molecule has 0 spiro atoms. The second-order valence-electron chi connectivity index (χ2n) is 4.39. The molecule has 1 aromatic carbocycles. The number of hydrogen-bond donors (Lipinski definition) is 1. The number of benzene rings is 1. The number of carbonyl (C=O) groups is 1. The van der Waals surface area contributed by atoms with E-state index in [9.17, 15) is 4.79 Å². The number of hydrogen-bond acceptors (Lipinski definition) is 3. The Bertz CT molecular complexity index is 413. The van der Waals surface area contributed by atoms with Gasteiger partial charge in [-0.1, -0.05) is 6.07 Å². The van der Waals surface area contributed by atoms with Crippen molar-refractivity contribution >= 4 is 5.97 Å². The molecule has 1 fully saturated rings. The lowest BCUT2D eigenvalue weighted by molar-refractivity contribution is -0.137. The van der Waals surface area contributed by atoms with Gasteiger partial charge in [0, 0.05) is 11.0 Å². The molecule has 0 atom stereocenters. The van der Waals surface area contributed by atoms with Gasteiger partial charge in [-0.3, -0.25) is 4.79 Å². The van der Waals surface area contributed by atoms with Crippen LogP contribution in [0.15, 0.2) is 18.2 Å². The number of rotatable bonds is 5. The van der Waals surface area contributed by atoms with Gasteiger partial charge < -0.3 is 14.6 Å². The minimum Gasteiger partial charge on any atom is -0.496 e. The summed E-state index contributed by atoms with van der Waals surface area (Å²) in [5.41, 5.74) is 0.594. The molecule has 92 valence electrons. The molecule has 17 heavy (non-hydrogen) atoms. The summed E-state index contributed by atoms with van der Waals surface area (Å²) in [7, 11) is 3.18. The fourth-order valence-corrected chi connectivity index (χ4v) is 2.33. The molecular formula is C13H16O4. The monoisotopic (exact) mass is 236 g/mol. The topological polar surface area (TPSA) is 55.8 Å². The van der Waals surface area contributed by atoms with E-state index in [0.717, 1.165) is 18.4 Å². The Morgan fingerprint density at radius 1 is 1.29 bits per heavy atom. The molecule has 1 saturated carbocycles. The molecule has 1 aromatic rings. The van der Waals surface area contributed by atoms with Crippen molar-refractivity contribution in [3.63, 3.8) is 0 Å². The molecule has 0 saturated heterocycles. The first-order chi connectivity index (χ1) is 8.13. The van der Waals surface area contributed by atoms with Crippen molar-refractivity contribution in [3.05, 3.63) is 23.8 Å². The van der Waals surface area contributed by atoms with Crippen molar-refractivity contribution in [2.24, 2.45) is 0 Å². The molecule has 0 aromatic heterocycles. The first-order valence-electron chi connectivity index (χ1n) is 5.56. The number of methoxy groups -OCH3 is 2. The first-order valence-corrected chi connectivity index (χ1v) is 5.56. The summed E-state index contributed by atoms with van der Waals surface area (Å²) in [6.45, 7) is 0. The van der Waals surface area contributed by atoms with Crippen molar-refractivity contribution in [1.29, 1.82) is 0 Å². The van der Waals surface area contributed by atoms with Crippen molar-refractivity contribution in [3.8, 4) is 11.5 Å². The number of carboxylic acid groups (broad SMARTS) is 1. The number of carboxylic acids is 1. The van der Waals surface area contributed by atoms with Crippen LogP contribution in [0.4, 0.5) is 0 Å². The van der Waals surface area contributed by atoms with E-state index in [1.807, 2.05) is 18.2 Å². The van der Waals surface area contributed by atoms with Crippen LogP contribution in [0.2, 0.25) is 0 Å². The third-order valence-corrected chi connectivity index (χ3v) is 3.30. The zero-order valence-electron chi connectivity index (χ0n) is 10.0. The van der Waals surface area contributed by atoms with Crippen molar-refractivity contribution in [2.45, 2.75) is 24.7 Å².